The van der Waals surface area contributed by atoms with Crippen LogP contribution in [0.25, 0.3) is 0 Å². The number of phenolic OH excluding ortho intramolecular Hbond substituents is 2. The van der Waals surface area contributed by atoms with E-state index in [1.165, 1.54) is 12.1 Å². The molecule has 0 unspecified atom stereocenters. The van der Waals surface area contributed by atoms with Crippen molar-refractivity contribution in [2.75, 3.05) is 13.1 Å². The van der Waals surface area contributed by atoms with Gasteiger partial charge < -0.3 is 15.3 Å². The van der Waals surface area contributed by atoms with Gasteiger partial charge in [0.2, 0.25) is 0 Å². The molecule has 0 aromatic heterocycles. The Hall–Kier alpha value is -1.75. The third-order valence-electron chi connectivity index (χ3n) is 3.01. The minimum absolute atomic E-state index is 0.200. The van der Waals surface area contributed by atoms with Gasteiger partial charge in [-0.15, -0.1) is 0 Å². The van der Waals surface area contributed by atoms with Crippen LogP contribution in [0.5, 0.6) is 11.5 Å². The standard InChI is InChI=1S/C13H19NO4/c1-3-14(4-2)10(13(17)18)7-9-5-6-11(15)12(16)8-9/h5-6,8,10,15-16H,3-4,7H2,1-2H3,(H,17,18)/t10-/m0/s1. The minimum Gasteiger partial charge on any atom is -0.504 e. The van der Waals surface area contributed by atoms with E-state index in [4.69, 9.17) is 0 Å². The summed E-state index contributed by atoms with van der Waals surface area (Å²) in [6.45, 7) is 5.12. The monoisotopic (exact) mass is 253 g/mol. The normalized spacial score (nSPS) is 12.6. The molecule has 1 rings (SSSR count). The molecule has 100 valence electrons. The fraction of sp³-hybridized carbons (Fsp3) is 0.462. The Morgan fingerprint density at radius 2 is 1.83 bits per heavy atom. The van der Waals surface area contributed by atoms with Crippen molar-refractivity contribution in [1.29, 1.82) is 0 Å². The molecule has 0 aliphatic rings. The van der Waals surface area contributed by atoms with Crippen molar-refractivity contribution in [2.24, 2.45) is 0 Å². The summed E-state index contributed by atoms with van der Waals surface area (Å²) >= 11 is 0. The van der Waals surface area contributed by atoms with Gasteiger partial charge in [0.15, 0.2) is 11.5 Å². The van der Waals surface area contributed by atoms with E-state index in [1.807, 2.05) is 18.7 Å². The molecule has 0 spiro atoms. The summed E-state index contributed by atoms with van der Waals surface area (Å²) < 4.78 is 0. The van der Waals surface area contributed by atoms with Gasteiger partial charge in [-0.2, -0.15) is 0 Å². The molecule has 1 aromatic carbocycles. The van der Waals surface area contributed by atoms with E-state index < -0.39 is 12.0 Å². The lowest BCUT2D eigenvalue weighted by atomic mass is 10.0. The summed E-state index contributed by atoms with van der Waals surface area (Å²) in [5.74, 6) is -1.31. The minimum atomic E-state index is -0.883. The zero-order chi connectivity index (χ0) is 13.7. The molecule has 0 aliphatic carbocycles. The summed E-state index contributed by atoms with van der Waals surface area (Å²) in [5.41, 5.74) is 0.685. The second kappa shape index (κ2) is 6.26. The van der Waals surface area contributed by atoms with Crippen molar-refractivity contribution in [1.82, 2.24) is 4.90 Å². The molecule has 0 saturated heterocycles. The maximum Gasteiger partial charge on any atom is 0.321 e. The lowest BCUT2D eigenvalue weighted by Crippen LogP contribution is -2.42. The van der Waals surface area contributed by atoms with Crippen LogP contribution in [-0.2, 0) is 11.2 Å². The maximum absolute atomic E-state index is 11.3. The number of carbonyl (C=O) groups is 1. The number of aliphatic carboxylic acids is 1. The van der Waals surface area contributed by atoms with Crippen LogP contribution >= 0.6 is 0 Å². The first-order valence-corrected chi connectivity index (χ1v) is 5.97. The van der Waals surface area contributed by atoms with E-state index in [1.54, 1.807) is 6.07 Å². The first-order valence-electron chi connectivity index (χ1n) is 5.97. The number of hydrogen-bond acceptors (Lipinski definition) is 4. The Bertz CT molecular complexity index is 415. The average Bonchev–Trinajstić information content (AvgIpc) is 2.33. The third-order valence-corrected chi connectivity index (χ3v) is 3.01. The molecule has 0 saturated carbocycles. The molecule has 5 nitrogen and oxygen atoms in total. The lowest BCUT2D eigenvalue weighted by Gasteiger charge is -2.26. The molecule has 0 aliphatic heterocycles. The van der Waals surface area contributed by atoms with Crippen LogP contribution in [0.2, 0.25) is 0 Å². The molecule has 0 heterocycles. The first kappa shape index (κ1) is 14.3. The Balaban J connectivity index is 2.89. The molecule has 1 atom stereocenters. The van der Waals surface area contributed by atoms with Crippen molar-refractivity contribution in [3.05, 3.63) is 23.8 Å². The molecular formula is C13H19NO4. The van der Waals surface area contributed by atoms with Crippen molar-refractivity contribution in [3.63, 3.8) is 0 Å². The van der Waals surface area contributed by atoms with Gasteiger partial charge in [0.05, 0.1) is 0 Å². The highest BCUT2D eigenvalue weighted by Gasteiger charge is 2.23. The smallest absolute Gasteiger partial charge is 0.321 e. The Morgan fingerprint density at radius 1 is 1.22 bits per heavy atom. The van der Waals surface area contributed by atoms with E-state index in [0.29, 0.717) is 25.1 Å². The Labute approximate surface area is 106 Å². The van der Waals surface area contributed by atoms with Crippen molar-refractivity contribution < 1.29 is 20.1 Å². The molecule has 3 N–H and O–H groups in total. The fourth-order valence-corrected chi connectivity index (χ4v) is 1.96. The van der Waals surface area contributed by atoms with E-state index in [2.05, 4.69) is 0 Å². The number of aromatic hydroxyl groups is 2. The van der Waals surface area contributed by atoms with E-state index in [9.17, 15) is 20.1 Å². The summed E-state index contributed by atoms with van der Waals surface area (Å²) in [5, 5.41) is 27.8. The predicted molar refractivity (Wildman–Crippen MR) is 67.8 cm³/mol. The number of likely N-dealkylation sites (N-methyl/N-ethyl adjacent to an activating group) is 1. The summed E-state index contributed by atoms with van der Waals surface area (Å²) in [7, 11) is 0. The van der Waals surface area contributed by atoms with E-state index >= 15 is 0 Å². The van der Waals surface area contributed by atoms with Crippen LogP contribution in [0.3, 0.4) is 0 Å². The molecule has 5 heteroatoms. The number of carboxylic acids is 1. The summed E-state index contributed by atoms with van der Waals surface area (Å²) in [6, 6.07) is 3.76. The number of hydrogen-bond donors (Lipinski definition) is 3. The van der Waals surface area contributed by atoms with Gasteiger partial charge in [-0.3, -0.25) is 9.69 Å². The van der Waals surface area contributed by atoms with Crippen LogP contribution in [0.4, 0.5) is 0 Å². The number of nitrogens with zero attached hydrogens (tertiary/aromatic N) is 1. The zero-order valence-corrected chi connectivity index (χ0v) is 10.6. The van der Waals surface area contributed by atoms with Crippen LogP contribution in [0.1, 0.15) is 19.4 Å². The number of carboxylic acid groups (broad SMARTS) is 1. The van der Waals surface area contributed by atoms with Gasteiger partial charge in [-0.05, 0) is 37.2 Å². The van der Waals surface area contributed by atoms with Crippen LogP contribution in [0, 0.1) is 0 Å². The fourth-order valence-electron chi connectivity index (χ4n) is 1.96. The highest BCUT2D eigenvalue weighted by molar-refractivity contribution is 5.74. The van der Waals surface area contributed by atoms with E-state index in [-0.39, 0.29) is 11.5 Å². The molecule has 0 radical (unpaired) electrons. The summed E-state index contributed by atoms with van der Waals surface area (Å²) in [6.07, 6.45) is 0.296. The molecule has 0 bridgehead atoms. The van der Waals surface area contributed by atoms with Gasteiger partial charge in [0.1, 0.15) is 6.04 Å². The topological polar surface area (TPSA) is 81.0 Å². The van der Waals surface area contributed by atoms with Crippen LogP contribution in [0.15, 0.2) is 18.2 Å². The van der Waals surface area contributed by atoms with Gasteiger partial charge in [-0.25, -0.2) is 0 Å². The van der Waals surface area contributed by atoms with Gasteiger partial charge >= 0.3 is 5.97 Å². The zero-order valence-electron chi connectivity index (χ0n) is 10.6. The summed E-state index contributed by atoms with van der Waals surface area (Å²) in [4.78, 5) is 13.1. The van der Waals surface area contributed by atoms with Gasteiger partial charge in [0.25, 0.3) is 0 Å². The highest BCUT2D eigenvalue weighted by atomic mass is 16.4. The first-order chi connectivity index (χ1) is 8.49. The lowest BCUT2D eigenvalue weighted by molar-refractivity contribution is -0.143. The number of rotatable bonds is 6. The molecular weight excluding hydrogens is 234 g/mol. The molecule has 0 fully saturated rings. The van der Waals surface area contributed by atoms with Crippen LogP contribution in [-0.4, -0.2) is 45.3 Å². The number of phenols is 2. The second-order valence-corrected chi connectivity index (χ2v) is 4.10. The Morgan fingerprint density at radius 3 is 2.28 bits per heavy atom. The quantitative estimate of drug-likeness (QED) is 0.668. The van der Waals surface area contributed by atoms with Crippen molar-refractivity contribution >= 4 is 5.97 Å². The van der Waals surface area contributed by atoms with E-state index in [0.717, 1.165) is 0 Å². The largest absolute Gasteiger partial charge is 0.504 e. The Kier molecular flexibility index (Phi) is 4.97. The molecule has 18 heavy (non-hydrogen) atoms. The SMILES string of the molecule is CCN(CC)[C@@H](Cc1ccc(O)c(O)c1)C(=O)O. The third kappa shape index (κ3) is 3.37. The highest BCUT2D eigenvalue weighted by Crippen LogP contribution is 2.25. The molecule has 1 aromatic rings. The maximum atomic E-state index is 11.3. The van der Waals surface area contributed by atoms with Gasteiger partial charge in [-0.1, -0.05) is 19.9 Å². The van der Waals surface area contributed by atoms with Crippen molar-refractivity contribution in [3.8, 4) is 11.5 Å². The molecule has 0 amide bonds. The second-order valence-electron chi connectivity index (χ2n) is 4.10. The van der Waals surface area contributed by atoms with Gasteiger partial charge in [0, 0.05) is 0 Å². The average molecular weight is 253 g/mol. The predicted octanol–water partition coefficient (Wildman–Crippen LogP) is 1.44. The van der Waals surface area contributed by atoms with Crippen molar-refractivity contribution in [2.45, 2.75) is 26.3 Å². The number of benzene rings is 1. The van der Waals surface area contributed by atoms with Crippen LogP contribution < -0.4 is 0 Å².